The average molecular weight is 201 g/mol. The van der Waals surface area contributed by atoms with Crippen LogP contribution in [0, 0.1) is 15.9 Å². The maximum Gasteiger partial charge on any atom is 0.283 e. The Kier molecular flexibility index (Phi) is 3.25. The third kappa shape index (κ3) is 2.42. The SMILES string of the molecule is CCSc1cc(F)ccc1[N+](=O)[O-]. The van der Waals surface area contributed by atoms with Crippen molar-refractivity contribution in [3.8, 4) is 0 Å². The predicted octanol–water partition coefficient (Wildman–Crippen LogP) is 2.85. The Hall–Kier alpha value is -1.10. The van der Waals surface area contributed by atoms with Crippen molar-refractivity contribution in [3.63, 3.8) is 0 Å². The molecule has 0 heterocycles. The third-order valence-electron chi connectivity index (χ3n) is 1.42. The highest BCUT2D eigenvalue weighted by Gasteiger charge is 2.13. The number of rotatable bonds is 3. The molecular weight excluding hydrogens is 193 g/mol. The first-order valence-corrected chi connectivity index (χ1v) is 4.70. The van der Waals surface area contributed by atoms with Gasteiger partial charge in [-0.2, -0.15) is 0 Å². The second-order valence-corrected chi connectivity index (χ2v) is 3.61. The van der Waals surface area contributed by atoms with Gasteiger partial charge in [0.05, 0.1) is 9.82 Å². The van der Waals surface area contributed by atoms with E-state index in [2.05, 4.69) is 0 Å². The minimum atomic E-state index is -0.503. The van der Waals surface area contributed by atoms with Crippen LogP contribution >= 0.6 is 11.8 Å². The van der Waals surface area contributed by atoms with Crippen LogP contribution in [0.4, 0.5) is 10.1 Å². The molecule has 0 aliphatic heterocycles. The Morgan fingerprint density at radius 2 is 2.31 bits per heavy atom. The molecule has 1 aromatic carbocycles. The van der Waals surface area contributed by atoms with Gasteiger partial charge in [-0.3, -0.25) is 10.1 Å². The Morgan fingerprint density at radius 3 is 2.85 bits per heavy atom. The van der Waals surface area contributed by atoms with E-state index in [-0.39, 0.29) is 5.69 Å². The van der Waals surface area contributed by atoms with Gasteiger partial charge in [0.15, 0.2) is 0 Å². The zero-order valence-electron chi connectivity index (χ0n) is 6.99. The van der Waals surface area contributed by atoms with E-state index >= 15 is 0 Å². The van der Waals surface area contributed by atoms with E-state index < -0.39 is 10.7 Å². The van der Waals surface area contributed by atoms with Crippen LogP contribution in [-0.2, 0) is 0 Å². The van der Waals surface area contributed by atoms with Crippen molar-refractivity contribution in [3.05, 3.63) is 34.1 Å². The summed E-state index contributed by atoms with van der Waals surface area (Å²) in [5, 5.41) is 10.5. The molecule has 0 spiro atoms. The second kappa shape index (κ2) is 4.23. The first-order valence-electron chi connectivity index (χ1n) is 3.72. The minimum absolute atomic E-state index is 0.0340. The Labute approximate surface area is 79.1 Å². The van der Waals surface area contributed by atoms with Crippen molar-refractivity contribution < 1.29 is 9.31 Å². The molecule has 0 aliphatic rings. The summed E-state index contributed by atoms with van der Waals surface area (Å²) in [6.07, 6.45) is 0. The molecule has 0 bridgehead atoms. The lowest BCUT2D eigenvalue weighted by molar-refractivity contribution is -0.387. The molecule has 1 rings (SSSR count). The van der Waals surface area contributed by atoms with Gasteiger partial charge in [0, 0.05) is 6.07 Å². The number of nitro groups is 1. The number of hydrogen-bond acceptors (Lipinski definition) is 3. The molecule has 0 unspecified atom stereocenters. The van der Waals surface area contributed by atoms with Gasteiger partial charge in [0.25, 0.3) is 5.69 Å². The summed E-state index contributed by atoms with van der Waals surface area (Å²) in [4.78, 5) is 10.4. The minimum Gasteiger partial charge on any atom is -0.258 e. The van der Waals surface area contributed by atoms with Gasteiger partial charge in [-0.25, -0.2) is 4.39 Å². The van der Waals surface area contributed by atoms with Crippen LogP contribution in [0.1, 0.15) is 6.92 Å². The lowest BCUT2D eigenvalue weighted by Gasteiger charge is -1.99. The maximum absolute atomic E-state index is 12.7. The van der Waals surface area contributed by atoms with Gasteiger partial charge in [0.2, 0.25) is 0 Å². The van der Waals surface area contributed by atoms with E-state index in [1.807, 2.05) is 6.92 Å². The molecule has 0 saturated heterocycles. The molecule has 3 nitrogen and oxygen atoms in total. The Balaban J connectivity index is 3.10. The Morgan fingerprint density at radius 1 is 1.62 bits per heavy atom. The van der Waals surface area contributed by atoms with Crippen LogP contribution in [0.5, 0.6) is 0 Å². The lowest BCUT2D eigenvalue weighted by Crippen LogP contribution is -1.91. The number of thioether (sulfide) groups is 1. The normalized spacial score (nSPS) is 10.0. The second-order valence-electron chi connectivity index (χ2n) is 2.30. The van der Waals surface area contributed by atoms with Gasteiger partial charge in [-0.05, 0) is 17.9 Å². The topological polar surface area (TPSA) is 43.1 Å². The lowest BCUT2D eigenvalue weighted by atomic mass is 10.3. The monoisotopic (exact) mass is 201 g/mol. The van der Waals surface area contributed by atoms with Crippen molar-refractivity contribution >= 4 is 17.4 Å². The van der Waals surface area contributed by atoms with E-state index in [9.17, 15) is 14.5 Å². The maximum atomic E-state index is 12.7. The van der Waals surface area contributed by atoms with E-state index in [0.29, 0.717) is 10.6 Å². The van der Waals surface area contributed by atoms with E-state index in [0.717, 1.165) is 6.07 Å². The molecule has 0 aliphatic carbocycles. The van der Waals surface area contributed by atoms with Crippen LogP contribution in [0.3, 0.4) is 0 Å². The molecule has 1 aromatic rings. The summed E-state index contributed by atoms with van der Waals surface area (Å²) in [6, 6.07) is 3.47. The Bertz CT molecular complexity index is 330. The quantitative estimate of drug-likeness (QED) is 0.429. The standard InChI is InChI=1S/C8H8FNO2S/c1-2-13-8-5-6(9)3-4-7(8)10(11)12/h3-5H,2H2,1H3. The number of hydrogen-bond donors (Lipinski definition) is 0. The average Bonchev–Trinajstić information content (AvgIpc) is 2.04. The molecule has 70 valence electrons. The van der Waals surface area contributed by atoms with Crippen LogP contribution in [0.25, 0.3) is 0 Å². The highest BCUT2D eigenvalue weighted by atomic mass is 32.2. The summed E-state index contributed by atoms with van der Waals surface area (Å²) in [5.41, 5.74) is -0.0340. The molecule has 0 aromatic heterocycles. The van der Waals surface area contributed by atoms with Crippen LogP contribution in [0.2, 0.25) is 0 Å². The summed E-state index contributed by atoms with van der Waals surface area (Å²) in [7, 11) is 0. The molecular formula is C8H8FNO2S. The van der Waals surface area contributed by atoms with Crippen LogP contribution in [-0.4, -0.2) is 10.7 Å². The van der Waals surface area contributed by atoms with Gasteiger partial charge in [-0.1, -0.05) is 6.92 Å². The number of nitro benzene ring substituents is 1. The zero-order valence-corrected chi connectivity index (χ0v) is 7.81. The molecule has 0 radical (unpaired) electrons. The van der Waals surface area contributed by atoms with Crippen LogP contribution < -0.4 is 0 Å². The van der Waals surface area contributed by atoms with Gasteiger partial charge in [-0.15, -0.1) is 11.8 Å². The van der Waals surface area contributed by atoms with Crippen molar-refractivity contribution in [2.24, 2.45) is 0 Å². The number of halogens is 1. The fourth-order valence-electron chi connectivity index (χ4n) is 0.910. The van der Waals surface area contributed by atoms with Crippen molar-refractivity contribution in [1.82, 2.24) is 0 Å². The molecule has 0 N–H and O–H groups in total. The van der Waals surface area contributed by atoms with E-state index in [4.69, 9.17) is 0 Å². The van der Waals surface area contributed by atoms with Gasteiger partial charge < -0.3 is 0 Å². The number of benzene rings is 1. The highest BCUT2D eigenvalue weighted by Crippen LogP contribution is 2.29. The summed E-state index contributed by atoms with van der Waals surface area (Å²) < 4.78 is 12.7. The van der Waals surface area contributed by atoms with Crippen LogP contribution in [0.15, 0.2) is 23.1 Å². The predicted molar refractivity (Wildman–Crippen MR) is 49.5 cm³/mol. The van der Waals surface area contributed by atoms with Crippen molar-refractivity contribution in [1.29, 1.82) is 0 Å². The van der Waals surface area contributed by atoms with Gasteiger partial charge >= 0.3 is 0 Å². The fraction of sp³-hybridized carbons (Fsp3) is 0.250. The largest absolute Gasteiger partial charge is 0.283 e. The summed E-state index contributed by atoms with van der Waals surface area (Å²) in [6.45, 7) is 1.86. The molecule has 0 atom stereocenters. The molecule has 0 amide bonds. The summed E-state index contributed by atoms with van der Waals surface area (Å²) >= 11 is 1.26. The summed E-state index contributed by atoms with van der Waals surface area (Å²) in [5.74, 6) is 0.242. The highest BCUT2D eigenvalue weighted by molar-refractivity contribution is 7.99. The van der Waals surface area contributed by atoms with Crippen molar-refractivity contribution in [2.45, 2.75) is 11.8 Å². The van der Waals surface area contributed by atoms with E-state index in [1.54, 1.807) is 0 Å². The van der Waals surface area contributed by atoms with E-state index in [1.165, 1.54) is 23.9 Å². The molecule has 0 fully saturated rings. The molecule has 5 heteroatoms. The number of nitrogens with zero attached hydrogens (tertiary/aromatic N) is 1. The van der Waals surface area contributed by atoms with Crippen molar-refractivity contribution in [2.75, 3.05) is 5.75 Å². The molecule has 0 saturated carbocycles. The zero-order chi connectivity index (χ0) is 9.84. The molecule has 13 heavy (non-hydrogen) atoms. The smallest absolute Gasteiger partial charge is 0.258 e. The first-order chi connectivity index (χ1) is 6.15. The van der Waals surface area contributed by atoms with Gasteiger partial charge in [0.1, 0.15) is 5.82 Å². The first kappa shape index (κ1) is 9.98. The fourth-order valence-corrected chi connectivity index (χ4v) is 1.71. The third-order valence-corrected chi connectivity index (χ3v) is 2.35.